The Morgan fingerprint density at radius 2 is 2.13 bits per heavy atom. The molecule has 0 radical (unpaired) electrons. The molecule has 1 saturated carbocycles. The van der Waals surface area contributed by atoms with Gasteiger partial charge in [-0.2, -0.15) is 17.4 Å². The lowest BCUT2D eigenvalue weighted by Crippen LogP contribution is -2.46. The van der Waals surface area contributed by atoms with Gasteiger partial charge in [-0.25, -0.2) is 0 Å². The summed E-state index contributed by atoms with van der Waals surface area (Å²) in [5.41, 5.74) is 5.60. The summed E-state index contributed by atoms with van der Waals surface area (Å²) in [6, 6.07) is 0.0222. The van der Waals surface area contributed by atoms with Gasteiger partial charge in [0.05, 0.1) is 0 Å². The Morgan fingerprint density at radius 1 is 1.47 bits per heavy atom. The van der Waals surface area contributed by atoms with Crippen molar-refractivity contribution in [2.75, 3.05) is 20.1 Å². The Morgan fingerprint density at radius 3 is 2.67 bits per heavy atom. The molecule has 1 fully saturated rings. The highest BCUT2D eigenvalue weighted by atomic mass is 32.2. The number of hydrogen-bond donors (Lipinski definition) is 2. The van der Waals surface area contributed by atoms with E-state index in [-0.39, 0.29) is 6.04 Å². The molecule has 5 nitrogen and oxygen atoms in total. The zero-order chi connectivity index (χ0) is 11.5. The normalized spacial score (nSPS) is 27.5. The SMILES string of the molecule is CCN(C)S(=O)(=O)N[C@@H]1CCC[C@H]1CN. The molecule has 0 aliphatic heterocycles. The fourth-order valence-electron chi connectivity index (χ4n) is 1.93. The Balaban J connectivity index is 2.61. The van der Waals surface area contributed by atoms with Crippen molar-refractivity contribution in [1.82, 2.24) is 9.03 Å². The third-order valence-corrected chi connectivity index (χ3v) is 4.80. The molecule has 15 heavy (non-hydrogen) atoms. The molecule has 0 aromatic carbocycles. The van der Waals surface area contributed by atoms with Gasteiger partial charge in [-0.1, -0.05) is 13.3 Å². The molecule has 90 valence electrons. The number of nitrogens with zero attached hydrogens (tertiary/aromatic N) is 1. The maximum Gasteiger partial charge on any atom is 0.279 e. The summed E-state index contributed by atoms with van der Waals surface area (Å²) in [4.78, 5) is 0. The van der Waals surface area contributed by atoms with Crippen LogP contribution in [0.5, 0.6) is 0 Å². The molecule has 2 atom stereocenters. The molecule has 1 aliphatic rings. The van der Waals surface area contributed by atoms with Crippen molar-refractivity contribution in [3.63, 3.8) is 0 Å². The predicted octanol–water partition coefficient (Wildman–Crippen LogP) is -0.100. The molecule has 1 rings (SSSR count). The van der Waals surface area contributed by atoms with Crippen LogP contribution in [0, 0.1) is 5.92 Å². The van der Waals surface area contributed by atoms with Crippen LogP contribution >= 0.6 is 0 Å². The van der Waals surface area contributed by atoms with Crippen LogP contribution in [0.25, 0.3) is 0 Å². The van der Waals surface area contributed by atoms with Crippen molar-refractivity contribution in [3.05, 3.63) is 0 Å². The zero-order valence-corrected chi connectivity index (χ0v) is 10.3. The van der Waals surface area contributed by atoms with Crippen molar-refractivity contribution in [1.29, 1.82) is 0 Å². The van der Waals surface area contributed by atoms with Crippen LogP contribution in [0.2, 0.25) is 0 Å². The van der Waals surface area contributed by atoms with E-state index in [0.29, 0.717) is 19.0 Å². The molecule has 0 unspecified atom stereocenters. The van der Waals surface area contributed by atoms with Gasteiger partial charge in [0.2, 0.25) is 0 Å². The van der Waals surface area contributed by atoms with Crippen LogP contribution < -0.4 is 10.5 Å². The van der Waals surface area contributed by atoms with Crippen molar-refractivity contribution < 1.29 is 8.42 Å². The predicted molar refractivity (Wildman–Crippen MR) is 60.5 cm³/mol. The van der Waals surface area contributed by atoms with Crippen LogP contribution in [0.1, 0.15) is 26.2 Å². The second kappa shape index (κ2) is 5.25. The lowest BCUT2D eigenvalue weighted by Gasteiger charge is -2.23. The molecule has 0 saturated heterocycles. The molecular formula is C9H21N3O2S. The third kappa shape index (κ3) is 3.14. The van der Waals surface area contributed by atoms with Gasteiger partial charge in [0.25, 0.3) is 10.2 Å². The number of nitrogens with one attached hydrogen (secondary N) is 1. The van der Waals surface area contributed by atoms with Gasteiger partial charge in [-0.05, 0) is 25.3 Å². The smallest absolute Gasteiger partial charge is 0.279 e. The molecule has 1 aliphatic carbocycles. The second-order valence-corrected chi connectivity index (χ2v) is 5.88. The van der Waals surface area contributed by atoms with Crippen LogP contribution in [-0.2, 0) is 10.2 Å². The first-order chi connectivity index (χ1) is 7.01. The highest BCUT2D eigenvalue weighted by Gasteiger charge is 2.30. The fraction of sp³-hybridized carbons (Fsp3) is 1.00. The van der Waals surface area contributed by atoms with Crippen molar-refractivity contribution >= 4 is 10.2 Å². The van der Waals surface area contributed by atoms with Gasteiger partial charge in [-0.3, -0.25) is 0 Å². The van der Waals surface area contributed by atoms with E-state index in [1.54, 1.807) is 7.05 Å². The molecule has 3 N–H and O–H groups in total. The van der Waals surface area contributed by atoms with E-state index in [1.807, 2.05) is 6.92 Å². The summed E-state index contributed by atoms with van der Waals surface area (Å²) in [6.45, 7) is 2.85. The lowest BCUT2D eigenvalue weighted by atomic mass is 10.1. The summed E-state index contributed by atoms with van der Waals surface area (Å²) in [5.74, 6) is 0.296. The molecule has 0 bridgehead atoms. The zero-order valence-electron chi connectivity index (χ0n) is 9.44. The van der Waals surface area contributed by atoms with Gasteiger partial charge in [0.1, 0.15) is 0 Å². The van der Waals surface area contributed by atoms with Gasteiger partial charge < -0.3 is 5.73 Å². The van der Waals surface area contributed by atoms with E-state index >= 15 is 0 Å². The maximum atomic E-state index is 11.8. The quantitative estimate of drug-likeness (QED) is 0.698. The number of rotatable bonds is 5. The molecule has 6 heteroatoms. The Labute approximate surface area is 92.2 Å². The first-order valence-electron chi connectivity index (χ1n) is 5.45. The van der Waals surface area contributed by atoms with Gasteiger partial charge in [0, 0.05) is 19.6 Å². The second-order valence-electron chi connectivity index (χ2n) is 4.07. The number of hydrogen-bond acceptors (Lipinski definition) is 3. The highest BCUT2D eigenvalue weighted by molar-refractivity contribution is 7.87. The molecular weight excluding hydrogens is 214 g/mol. The highest BCUT2D eigenvalue weighted by Crippen LogP contribution is 2.25. The fourth-order valence-corrected chi connectivity index (χ4v) is 3.14. The largest absolute Gasteiger partial charge is 0.330 e. The topological polar surface area (TPSA) is 75.4 Å². The summed E-state index contributed by atoms with van der Waals surface area (Å²) >= 11 is 0. The minimum Gasteiger partial charge on any atom is -0.330 e. The molecule has 0 amide bonds. The Hall–Kier alpha value is -0.170. The van der Waals surface area contributed by atoms with Crippen LogP contribution in [0.4, 0.5) is 0 Å². The summed E-state index contributed by atoms with van der Waals surface area (Å²) in [7, 11) is -1.73. The minimum atomic E-state index is -3.31. The van der Waals surface area contributed by atoms with E-state index < -0.39 is 10.2 Å². The van der Waals surface area contributed by atoms with Gasteiger partial charge >= 0.3 is 0 Å². The van der Waals surface area contributed by atoms with E-state index in [2.05, 4.69) is 4.72 Å². The van der Waals surface area contributed by atoms with Crippen LogP contribution in [0.15, 0.2) is 0 Å². The average molecular weight is 235 g/mol. The summed E-state index contributed by atoms with van der Waals surface area (Å²) < 4.78 is 27.5. The van der Waals surface area contributed by atoms with Crippen LogP contribution in [0.3, 0.4) is 0 Å². The molecule has 0 heterocycles. The standard InChI is InChI=1S/C9H21N3O2S/c1-3-12(2)15(13,14)11-9-6-4-5-8(9)7-10/h8-9,11H,3-7,10H2,1-2H3/t8-,9+/m0/s1. The number of nitrogens with two attached hydrogens (primary N) is 1. The van der Waals surface area contributed by atoms with E-state index in [1.165, 1.54) is 4.31 Å². The van der Waals surface area contributed by atoms with Crippen molar-refractivity contribution in [3.8, 4) is 0 Å². The van der Waals surface area contributed by atoms with E-state index in [0.717, 1.165) is 19.3 Å². The minimum absolute atomic E-state index is 0.0222. The monoisotopic (exact) mass is 235 g/mol. The van der Waals surface area contributed by atoms with E-state index in [9.17, 15) is 8.42 Å². The van der Waals surface area contributed by atoms with Gasteiger partial charge in [0.15, 0.2) is 0 Å². The molecule has 0 aromatic heterocycles. The van der Waals surface area contributed by atoms with E-state index in [4.69, 9.17) is 5.73 Å². The summed E-state index contributed by atoms with van der Waals surface area (Å²) in [6.07, 6.45) is 2.99. The van der Waals surface area contributed by atoms with Crippen molar-refractivity contribution in [2.24, 2.45) is 11.7 Å². The summed E-state index contributed by atoms with van der Waals surface area (Å²) in [5, 5.41) is 0. The first-order valence-corrected chi connectivity index (χ1v) is 6.89. The van der Waals surface area contributed by atoms with Crippen LogP contribution in [-0.4, -0.2) is 38.9 Å². The Kier molecular flexibility index (Phi) is 4.51. The first kappa shape index (κ1) is 12.9. The molecule has 0 spiro atoms. The maximum absolute atomic E-state index is 11.8. The lowest BCUT2D eigenvalue weighted by molar-refractivity contribution is 0.421. The van der Waals surface area contributed by atoms with Crippen molar-refractivity contribution in [2.45, 2.75) is 32.2 Å². The Bertz CT molecular complexity index is 292. The van der Waals surface area contributed by atoms with Gasteiger partial charge in [-0.15, -0.1) is 0 Å². The average Bonchev–Trinajstić information content (AvgIpc) is 2.63. The molecule has 0 aromatic rings. The third-order valence-electron chi connectivity index (χ3n) is 3.12.